The van der Waals surface area contributed by atoms with Gasteiger partial charge in [0.15, 0.2) is 0 Å². The summed E-state index contributed by atoms with van der Waals surface area (Å²) in [4.78, 5) is 23.8. The highest BCUT2D eigenvalue weighted by atomic mass is 16.5. The van der Waals surface area contributed by atoms with Crippen molar-refractivity contribution in [3.05, 3.63) is 42.0 Å². The van der Waals surface area contributed by atoms with E-state index in [0.717, 1.165) is 6.42 Å². The van der Waals surface area contributed by atoms with E-state index >= 15 is 0 Å². The molecule has 1 saturated carbocycles. The van der Waals surface area contributed by atoms with Crippen LogP contribution in [0.5, 0.6) is 5.75 Å². The zero-order valence-electron chi connectivity index (χ0n) is 15.2. The summed E-state index contributed by atoms with van der Waals surface area (Å²) >= 11 is 0. The van der Waals surface area contributed by atoms with Gasteiger partial charge in [-0.15, -0.1) is 0 Å². The molecule has 1 aromatic carbocycles. The number of rotatable bonds is 7. The number of allylic oxidation sites excluding steroid dienone is 1. The lowest BCUT2D eigenvalue weighted by molar-refractivity contribution is -0.147. The molecule has 0 aromatic heterocycles. The quantitative estimate of drug-likeness (QED) is 0.412. The van der Waals surface area contributed by atoms with E-state index in [1.165, 1.54) is 24.5 Å². The molecule has 0 amide bonds. The number of ether oxygens (including phenoxy) is 2. The molecule has 0 bridgehead atoms. The molecule has 0 saturated heterocycles. The van der Waals surface area contributed by atoms with Gasteiger partial charge in [-0.3, -0.25) is 4.79 Å². The fourth-order valence-corrected chi connectivity index (χ4v) is 3.06. The van der Waals surface area contributed by atoms with Crippen molar-refractivity contribution in [1.29, 1.82) is 0 Å². The van der Waals surface area contributed by atoms with Crippen LogP contribution in [-0.2, 0) is 20.7 Å². The zero-order chi connectivity index (χ0) is 18.1. The van der Waals surface area contributed by atoms with Crippen molar-refractivity contribution in [3.63, 3.8) is 0 Å². The van der Waals surface area contributed by atoms with Crippen LogP contribution in [0.4, 0.5) is 0 Å². The van der Waals surface area contributed by atoms with Crippen LogP contribution in [0.3, 0.4) is 0 Å². The molecule has 0 radical (unpaired) electrons. The lowest BCUT2D eigenvalue weighted by Crippen LogP contribution is -2.29. The molecule has 4 nitrogen and oxygen atoms in total. The molecule has 0 heterocycles. The van der Waals surface area contributed by atoms with Gasteiger partial charge in [-0.25, -0.2) is 4.79 Å². The molecule has 4 heteroatoms. The summed E-state index contributed by atoms with van der Waals surface area (Å²) in [5.41, 5.74) is 1.27. The number of carbonyl (C=O) groups excluding carboxylic acids is 2. The summed E-state index contributed by atoms with van der Waals surface area (Å²) in [6.07, 6.45) is 9.19. The van der Waals surface area contributed by atoms with Crippen molar-refractivity contribution < 1.29 is 19.1 Å². The van der Waals surface area contributed by atoms with Gasteiger partial charge in [-0.1, -0.05) is 31.6 Å². The molecular weight excluding hydrogens is 316 g/mol. The van der Waals surface area contributed by atoms with Crippen LogP contribution in [0.25, 0.3) is 0 Å². The van der Waals surface area contributed by atoms with Gasteiger partial charge in [0.25, 0.3) is 0 Å². The Labute approximate surface area is 150 Å². The van der Waals surface area contributed by atoms with Crippen LogP contribution in [0, 0.1) is 5.92 Å². The average molecular weight is 344 g/mol. The van der Waals surface area contributed by atoms with Crippen LogP contribution >= 0.6 is 0 Å². The van der Waals surface area contributed by atoms with Gasteiger partial charge in [0.2, 0.25) is 0 Å². The zero-order valence-corrected chi connectivity index (χ0v) is 15.2. The van der Waals surface area contributed by atoms with Gasteiger partial charge in [0.1, 0.15) is 11.9 Å². The average Bonchev–Trinajstić information content (AvgIpc) is 2.62. The Bertz CT molecular complexity index is 580. The van der Waals surface area contributed by atoms with Gasteiger partial charge in [-0.05, 0) is 63.1 Å². The second kappa shape index (κ2) is 10.0. The van der Waals surface area contributed by atoms with Gasteiger partial charge < -0.3 is 9.47 Å². The van der Waals surface area contributed by atoms with Crippen molar-refractivity contribution in [3.8, 4) is 5.75 Å². The summed E-state index contributed by atoms with van der Waals surface area (Å²) < 4.78 is 10.9. The summed E-state index contributed by atoms with van der Waals surface area (Å²) in [6.45, 7) is 3.96. The molecule has 136 valence electrons. The Morgan fingerprint density at radius 3 is 2.40 bits per heavy atom. The van der Waals surface area contributed by atoms with E-state index in [4.69, 9.17) is 9.47 Å². The van der Waals surface area contributed by atoms with Crippen molar-refractivity contribution in [1.82, 2.24) is 0 Å². The first-order chi connectivity index (χ1) is 12.1. The van der Waals surface area contributed by atoms with Crippen molar-refractivity contribution in [2.24, 2.45) is 5.92 Å². The van der Waals surface area contributed by atoms with Crippen molar-refractivity contribution >= 4 is 11.9 Å². The Balaban J connectivity index is 1.77. The first-order valence-electron chi connectivity index (χ1n) is 9.26. The summed E-state index contributed by atoms with van der Waals surface area (Å²) in [7, 11) is 0. The predicted octanol–water partition coefficient (Wildman–Crippen LogP) is 4.61. The Morgan fingerprint density at radius 2 is 1.80 bits per heavy atom. The van der Waals surface area contributed by atoms with Gasteiger partial charge in [-0.2, -0.15) is 0 Å². The van der Waals surface area contributed by atoms with E-state index in [2.05, 4.69) is 6.92 Å². The fourth-order valence-electron chi connectivity index (χ4n) is 3.06. The number of esters is 2. The molecule has 0 N–H and O–H groups in total. The van der Waals surface area contributed by atoms with Gasteiger partial charge in [0, 0.05) is 6.08 Å². The number of carbonyl (C=O) groups is 2. The summed E-state index contributed by atoms with van der Waals surface area (Å²) in [5, 5.41) is 0. The molecule has 1 fully saturated rings. The first kappa shape index (κ1) is 19.2. The molecule has 1 aromatic rings. The smallest absolute Gasteiger partial charge is 0.330 e. The van der Waals surface area contributed by atoms with Crippen LogP contribution in [0.2, 0.25) is 0 Å². The molecular formula is C21H28O4. The van der Waals surface area contributed by atoms with E-state index in [0.29, 0.717) is 31.4 Å². The highest BCUT2D eigenvalue weighted by Gasteiger charge is 2.29. The van der Waals surface area contributed by atoms with Crippen LogP contribution in [-0.4, -0.2) is 18.0 Å². The molecule has 0 spiro atoms. The maximum atomic E-state index is 12.3. The third kappa shape index (κ3) is 6.37. The lowest BCUT2D eigenvalue weighted by Gasteiger charge is -2.26. The SMILES string of the molecule is C/C=C/C(=O)OC1CCC(C(=O)Oc2ccc(CCCC)cc2)CC1. The Hall–Kier alpha value is -2.10. The Morgan fingerprint density at radius 1 is 1.12 bits per heavy atom. The lowest BCUT2D eigenvalue weighted by atomic mass is 9.87. The third-order valence-electron chi connectivity index (χ3n) is 4.55. The number of unbranched alkanes of at least 4 members (excludes halogenated alkanes) is 1. The minimum Gasteiger partial charge on any atom is -0.459 e. The van der Waals surface area contributed by atoms with Gasteiger partial charge >= 0.3 is 11.9 Å². The summed E-state index contributed by atoms with van der Waals surface area (Å²) in [5.74, 6) is -0.000419. The van der Waals surface area contributed by atoms with E-state index in [9.17, 15) is 9.59 Å². The largest absolute Gasteiger partial charge is 0.459 e. The second-order valence-corrected chi connectivity index (χ2v) is 6.58. The molecule has 1 aliphatic rings. The van der Waals surface area contributed by atoms with Crippen molar-refractivity contribution in [2.45, 2.75) is 64.9 Å². The molecule has 0 unspecified atom stereocenters. The number of hydrogen-bond acceptors (Lipinski definition) is 4. The van der Waals surface area contributed by atoms with Gasteiger partial charge in [0.05, 0.1) is 5.92 Å². The third-order valence-corrected chi connectivity index (χ3v) is 4.55. The highest BCUT2D eigenvalue weighted by Crippen LogP contribution is 2.28. The fraction of sp³-hybridized carbons (Fsp3) is 0.524. The molecule has 25 heavy (non-hydrogen) atoms. The van der Waals surface area contributed by atoms with E-state index in [-0.39, 0.29) is 24.0 Å². The van der Waals surface area contributed by atoms with E-state index in [1.54, 1.807) is 13.0 Å². The maximum absolute atomic E-state index is 12.3. The minimum atomic E-state index is -0.309. The number of aryl methyl sites for hydroxylation is 1. The molecule has 1 aliphatic carbocycles. The molecule has 0 aliphatic heterocycles. The topological polar surface area (TPSA) is 52.6 Å². The highest BCUT2D eigenvalue weighted by molar-refractivity contribution is 5.82. The maximum Gasteiger partial charge on any atom is 0.330 e. The molecule has 2 rings (SSSR count). The minimum absolute atomic E-state index is 0.0920. The first-order valence-corrected chi connectivity index (χ1v) is 9.26. The standard InChI is InChI=1S/C21H28O4/c1-3-5-7-16-8-12-19(13-9-16)25-21(23)17-10-14-18(15-11-17)24-20(22)6-4-2/h4,6,8-9,12-13,17-18H,3,5,7,10-11,14-15H2,1-2H3/b6-4+. The van der Waals surface area contributed by atoms with E-state index in [1.807, 2.05) is 24.3 Å². The Kier molecular flexibility index (Phi) is 7.71. The number of hydrogen-bond donors (Lipinski definition) is 0. The normalized spacial score (nSPS) is 20.4. The van der Waals surface area contributed by atoms with Crippen LogP contribution in [0.1, 0.15) is 57.9 Å². The predicted molar refractivity (Wildman–Crippen MR) is 97.3 cm³/mol. The molecule has 0 atom stereocenters. The monoisotopic (exact) mass is 344 g/mol. The van der Waals surface area contributed by atoms with Crippen LogP contribution in [0.15, 0.2) is 36.4 Å². The summed E-state index contributed by atoms with van der Waals surface area (Å²) in [6, 6.07) is 7.78. The number of benzene rings is 1. The van der Waals surface area contributed by atoms with Crippen LogP contribution < -0.4 is 4.74 Å². The second-order valence-electron chi connectivity index (χ2n) is 6.58. The van der Waals surface area contributed by atoms with Crippen molar-refractivity contribution in [2.75, 3.05) is 0 Å². The van der Waals surface area contributed by atoms with E-state index < -0.39 is 0 Å².